The highest BCUT2D eigenvalue weighted by molar-refractivity contribution is 5.85. The fourth-order valence-corrected chi connectivity index (χ4v) is 13.9. The molecular formula is C65H48O14. The lowest BCUT2D eigenvalue weighted by Crippen LogP contribution is -2.24. The lowest BCUT2D eigenvalue weighted by Gasteiger charge is -2.35. The largest absolute Gasteiger partial charge is 0.508 e. The van der Waals surface area contributed by atoms with Gasteiger partial charge in [-0.05, 0) is 135 Å². The van der Waals surface area contributed by atoms with Crippen molar-refractivity contribution >= 4 is 5.97 Å². The van der Waals surface area contributed by atoms with Gasteiger partial charge in [-0.3, -0.25) is 4.79 Å². The van der Waals surface area contributed by atoms with Gasteiger partial charge in [0.15, 0.2) is 0 Å². The quantitative estimate of drug-likeness (QED) is 0.0527. The Morgan fingerprint density at radius 1 is 0.329 bits per heavy atom. The molecule has 392 valence electrons. The number of carbonyl (C=O) groups excluding carboxylic acids is 1. The molecule has 14 rings (SSSR count). The molecule has 9 atom stereocenters. The molecule has 0 spiro atoms. The maximum absolute atomic E-state index is 14.7. The van der Waals surface area contributed by atoms with Gasteiger partial charge in [0.1, 0.15) is 87.0 Å². The van der Waals surface area contributed by atoms with E-state index in [1.54, 1.807) is 109 Å². The summed E-state index contributed by atoms with van der Waals surface area (Å²) in [5.41, 5.74) is 8.07. The maximum atomic E-state index is 14.7. The predicted octanol–water partition coefficient (Wildman–Crippen LogP) is 11.9. The van der Waals surface area contributed by atoms with Gasteiger partial charge in [-0.15, -0.1) is 0 Å². The molecule has 0 amide bonds. The number of phenols is 10. The Balaban J connectivity index is 1.17. The third-order valence-corrected chi connectivity index (χ3v) is 16.8. The minimum Gasteiger partial charge on any atom is -0.508 e. The van der Waals surface area contributed by atoms with Gasteiger partial charge in [0.25, 0.3) is 0 Å². The first-order chi connectivity index (χ1) is 38.2. The smallest absolute Gasteiger partial charge is 0.312 e. The van der Waals surface area contributed by atoms with Gasteiger partial charge in [0, 0.05) is 75.6 Å². The van der Waals surface area contributed by atoms with Crippen LogP contribution in [0.5, 0.6) is 74.7 Å². The van der Waals surface area contributed by atoms with Gasteiger partial charge < -0.3 is 65.3 Å². The van der Waals surface area contributed by atoms with Crippen molar-refractivity contribution in [1.82, 2.24) is 0 Å². The summed E-state index contributed by atoms with van der Waals surface area (Å²) in [6, 6.07) is 43.5. The predicted molar refractivity (Wildman–Crippen MR) is 286 cm³/mol. The SMILES string of the molecule is O=C1C[C@@H](c2ccc(O)cc2)c2c(c3c4c5c2O[C@H](c2ccc(O)cc2)[C@H]5c2cc(O)cc(O)c2[C@H](c2ccc(O)cc2)[C@@H]4[C@@H](c2ccc(O)cc2)[C@@H]3c2cc(O)cc3c2[C@H](c2cc(O)cc(O)c2)[C@@H](c2ccc(O)cc2)O3)O1. The van der Waals surface area contributed by atoms with E-state index < -0.39 is 59.6 Å². The van der Waals surface area contributed by atoms with E-state index in [0.29, 0.717) is 83.6 Å². The molecule has 0 aromatic heterocycles. The second-order valence-corrected chi connectivity index (χ2v) is 21.2. The van der Waals surface area contributed by atoms with Crippen molar-refractivity contribution in [2.24, 2.45) is 0 Å². The third kappa shape index (κ3) is 7.42. The molecule has 9 aromatic carbocycles. The van der Waals surface area contributed by atoms with Crippen LogP contribution in [-0.4, -0.2) is 57.0 Å². The Bertz CT molecular complexity index is 3950. The highest BCUT2D eigenvalue weighted by Gasteiger charge is 2.59. The molecule has 5 aliphatic rings. The molecule has 3 heterocycles. The van der Waals surface area contributed by atoms with Gasteiger partial charge in [-0.2, -0.15) is 0 Å². The summed E-state index contributed by atoms with van der Waals surface area (Å²) in [6.07, 6.45) is -1.92. The number of ether oxygens (including phenoxy) is 3. The van der Waals surface area contributed by atoms with Gasteiger partial charge in [0.05, 0.1) is 18.3 Å². The van der Waals surface area contributed by atoms with E-state index >= 15 is 0 Å². The zero-order valence-electron chi connectivity index (χ0n) is 41.6. The monoisotopic (exact) mass is 1050 g/mol. The van der Waals surface area contributed by atoms with Crippen molar-refractivity contribution in [1.29, 1.82) is 0 Å². The number of phenolic OH excluding ortho intramolecular Hbond substituents is 10. The lowest BCUT2D eigenvalue weighted by atomic mass is 9.68. The Morgan fingerprint density at radius 3 is 1.37 bits per heavy atom. The van der Waals surface area contributed by atoms with Crippen molar-refractivity contribution in [3.05, 3.63) is 242 Å². The first-order valence-corrected chi connectivity index (χ1v) is 25.8. The van der Waals surface area contributed by atoms with E-state index in [4.69, 9.17) is 14.2 Å². The summed E-state index contributed by atoms with van der Waals surface area (Å²) in [5, 5.41) is 113. The van der Waals surface area contributed by atoms with E-state index in [9.17, 15) is 55.9 Å². The molecular weight excluding hydrogens is 1000 g/mol. The number of aromatic hydroxyl groups is 10. The molecule has 0 fully saturated rings. The number of hydrogen-bond acceptors (Lipinski definition) is 14. The maximum Gasteiger partial charge on any atom is 0.312 e. The van der Waals surface area contributed by atoms with Crippen LogP contribution in [0.2, 0.25) is 0 Å². The number of carbonyl (C=O) groups is 1. The number of esters is 1. The average molecular weight is 1050 g/mol. The highest BCUT2D eigenvalue weighted by atomic mass is 16.5. The average Bonchev–Trinajstić information content (AvgIpc) is 1.80. The van der Waals surface area contributed by atoms with Crippen molar-refractivity contribution in [2.75, 3.05) is 0 Å². The van der Waals surface area contributed by atoms with Crippen molar-refractivity contribution < 1.29 is 70.1 Å². The van der Waals surface area contributed by atoms with Crippen LogP contribution in [0.4, 0.5) is 0 Å². The molecule has 0 bridgehead atoms. The minimum atomic E-state index is -0.944. The Labute approximate surface area is 450 Å². The second kappa shape index (κ2) is 17.5. The van der Waals surface area contributed by atoms with Crippen LogP contribution in [0.25, 0.3) is 0 Å². The van der Waals surface area contributed by atoms with Crippen LogP contribution in [0.3, 0.4) is 0 Å². The summed E-state index contributed by atoms with van der Waals surface area (Å²) in [6.45, 7) is 0. The molecule has 10 N–H and O–H groups in total. The first kappa shape index (κ1) is 47.5. The van der Waals surface area contributed by atoms with Gasteiger partial charge >= 0.3 is 5.97 Å². The van der Waals surface area contributed by atoms with Crippen molar-refractivity contribution in [3.63, 3.8) is 0 Å². The van der Waals surface area contributed by atoms with Gasteiger partial charge in [-0.1, -0.05) is 60.7 Å². The molecule has 79 heavy (non-hydrogen) atoms. The Morgan fingerprint density at radius 2 is 0.797 bits per heavy atom. The second-order valence-electron chi connectivity index (χ2n) is 21.2. The van der Waals surface area contributed by atoms with Crippen molar-refractivity contribution in [2.45, 2.75) is 60.1 Å². The molecule has 2 aliphatic carbocycles. The van der Waals surface area contributed by atoms with Crippen LogP contribution in [0, 0.1) is 0 Å². The van der Waals surface area contributed by atoms with E-state index in [-0.39, 0.29) is 75.4 Å². The highest BCUT2D eigenvalue weighted by Crippen LogP contribution is 2.74. The summed E-state index contributed by atoms with van der Waals surface area (Å²) in [7, 11) is 0. The molecule has 14 nitrogen and oxygen atoms in total. The lowest BCUT2D eigenvalue weighted by molar-refractivity contribution is -0.135. The molecule has 3 aliphatic heterocycles. The molecule has 14 heteroatoms. The number of hydrogen-bond donors (Lipinski definition) is 10. The van der Waals surface area contributed by atoms with Crippen LogP contribution in [-0.2, 0) is 4.79 Å². The summed E-state index contributed by atoms with van der Waals surface area (Å²) in [4.78, 5) is 14.7. The number of benzene rings is 9. The first-order valence-electron chi connectivity index (χ1n) is 25.8. The van der Waals surface area contributed by atoms with Crippen LogP contribution in [0.15, 0.2) is 164 Å². The van der Waals surface area contributed by atoms with Crippen molar-refractivity contribution in [3.8, 4) is 74.7 Å². The normalized spacial score (nSPS) is 22.8. The van der Waals surface area contributed by atoms with Crippen LogP contribution in [0.1, 0.15) is 138 Å². The fourth-order valence-electron chi connectivity index (χ4n) is 13.9. The zero-order valence-corrected chi connectivity index (χ0v) is 41.6. The molecule has 0 radical (unpaired) electrons. The Hall–Kier alpha value is -9.95. The number of fused-ring (bicyclic) bond motifs is 6. The van der Waals surface area contributed by atoms with E-state index in [2.05, 4.69) is 0 Å². The topological polar surface area (TPSA) is 247 Å². The van der Waals surface area contributed by atoms with Crippen LogP contribution >= 0.6 is 0 Å². The summed E-state index contributed by atoms with van der Waals surface area (Å²) >= 11 is 0. The van der Waals surface area contributed by atoms with Crippen LogP contribution < -0.4 is 14.2 Å². The van der Waals surface area contributed by atoms with E-state index in [0.717, 1.165) is 0 Å². The summed E-state index contributed by atoms with van der Waals surface area (Å²) in [5.74, 6) is -6.61. The molecule has 9 aromatic rings. The van der Waals surface area contributed by atoms with Gasteiger partial charge in [-0.25, -0.2) is 0 Å². The minimum absolute atomic E-state index is 0.00691. The van der Waals surface area contributed by atoms with Gasteiger partial charge in [0.2, 0.25) is 0 Å². The van der Waals surface area contributed by atoms with E-state index in [1.165, 1.54) is 42.5 Å². The number of rotatable bonds is 7. The standard InChI is InChI=1S/C65H48O14/c66-35-11-1-29(2-12-35)44-28-49(76)78-64-57(44)65-61-56(63(79-65)33-9-19-39(70)20-10-33)45-24-42(73)26-47(75)53(45)50(30-3-13-36(67)14-4-30)58-51(31-5-15-37(68)16-6-31)55(60(64)59(58)61)46-25-43(74)27-48-54(46)52(34-21-40(71)23-41(72)22-34)62(77-48)32-7-17-38(69)18-8-32/h1-27,44,50-52,55-56,58,62-63,66-75H,28H2/t44-,50-,51-,52-,55-,56-,58+,62+,63+/m0/s1. The third-order valence-electron chi connectivity index (χ3n) is 16.8. The molecule has 0 saturated carbocycles. The Kier molecular flexibility index (Phi) is 10.5. The molecule has 0 unspecified atom stereocenters. The summed E-state index contributed by atoms with van der Waals surface area (Å²) < 4.78 is 21.1. The van der Waals surface area contributed by atoms with E-state index in [1.807, 2.05) is 12.1 Å². The zero-order chi connectivity index (χ0) is 54.3. The molecule has 0 saturated heterocycles. The fraction of sp³-hybridized carbons (Fsp3) is 0.154.